The molecule has 8 aromatic carbocycles. The van der Waals surface area contributed by atoms with Crippen LogP contribution in [-0.4, -0.2) is 0 Å². The van der Waals surface area contributed by atoms with Crippen LogP contribution < -0.4 is 14.4 Å². The van der Waals surface area contributed by atoms with Gasteiger partial charge in [0, 0.05) is 22.9 Å². The molecule has 0 radical (unpaired) electrons. The molecule has 0 bridgehead atoms. The lowest BCUT2D eigenvalue weighted by molar-refractivity contribution is 0.359. The number of anilines is 3. The largest absolute Gasteiger partial charge is 0.449 e. The van der Waals surface area contributed by atoms with E-state index in [0.717, 1.165) is 28.6 Å². The Kier molecular flexibility index (Phi) is 6.05. The highest BCUT2D eigenvalue weighted by molar-refractivity contribution is 5.96. The summed E-state index contributed by atoms with van der Waals surface area (Å²) in [5, 5.41) is 0. The molecule has 4 aliphatic rings. The standard InChI is InChI=1S/C52H35NO2/c1-51(2)41-20-10-6-16-35(41)39-26-24-33(28-45(39)51)53(32-14-4-3-5-15-32)34-25-27-47-48(29-34)55-49-30-40-38-19-9-13-23-44(38)52(46(40)31-50(49)54-47)42-21-11-7-17-36(42)37-18-8-12-22-43(37)52/h3-31H,1-2H3. The quantitative estimate of drug-likeness (QED) is 0.183. The normalized spacial score (nSPS) is 14.9. The second-order valence-corrected chi connectivity index (χ2v) is 15.6. The summed E-state index contributed by atoms with van der Waals surface area (Å²) in [5.41, 5.74) is 18.1. The van der Waals surface area contributed by atoms with E-state index in [0.29, 0.717) is 11.5 Å². The van der Waals surface area contributed by atoms with Gasteiger partial charge < -0.3 is 14.4 Å². The average Bonchev–Trinajstić information content (AvgIpc) is 3.78. The Bertz CT molecular complexity index is 2880. The predicted octanol–water partition coefficient (Wildman–Crippen LogP) is 13.7. The molecule has 0 fully saturated rings. The monoisotopic (exact) mass is 705 g/mol. The smallest absolute Gasteiger partial charge is 0.172 e. The van der Waals surface area contributed by atoms with Gasteiger partial charge in [0.05, 0.1) is 11.1 Å². The molecule has 3 nitrogen and oxygen atoms in total. The van der Waals surface area contributed by atoms with Crippen LogP contribution in [0.2, 0.25) is 0 Å². The number of hydrogen-bond donors (Lipinski definition) is 0. The highest BCUT2D eigenvalue weighted by atomic mass is 16.6. The van der Waals surface area contributed by atoms with Crippen molar-refractivity contribution in [1.82, 2.24) is 0 Å². The first-order valence-electron chi connectivity index (χ1n) is 19.1. The molecule has 0 unspecified atom stereocenters. The van der Waals surface area contributed by atoms with Crippen molar-refractivity contribution in [3.63, 3.8) is 0 Å². The molecular weight excluding hydrogens is 671 g/mol. The lowest BCUT2D eigenvalue weighted by Gasteiger charge is -2.31. The van der Waals surface area contributed by atoms with Crippen molar-refractivity contribution < 1.29 is 9.47 Å². The Morgan fingerprint density at radius 3 is 1.47 bits per heavy atom. The minimum Gasteiger partial charge on any atom is -0.449 e. The van der Waals surface area contributed by atoms with Gasteiger partial charge in [0.25, 0.3) is 0 Å². The van der Waals surface area contributed by atoms with Crippen molar-refractivity contribution in [3.8, 4) is 56.4 Å². The first-order valence-corrected chi connectivity index (χ1v) is 19.1. The molecule has 12 rings (SSSR count). The fourth-order valence-electron chi connectivity index (χ4n) is 10.2. The van der Waals surface area contributed by atoms with Crippen LogP contribution in [0, 0.1) is 0 Å². The Balaban J connectivity index is 0.984. The predicted molar refractivity (Wildman–Crippen MR) is 222 cm³/mol. The first kappa shape index (κ1) is 30.6. The number of benzene rings is 8. The maximum atomic E-state index is 6.87. The average molecular weight is 706 g/mol. The maximum absolute atomic E-state index is 6.87. The summed E-state index contributed by atoms with van der Waals surface area (Å²) in [6, 6.07) is 63.6. The molecule has 1 aliphatic heterocycles. The van der Waals surface area contributed by atoms with Gasteiger partial charge in [0.1, 0.15) is 0 Å². The molecule has 0 atom stereocenters. The fraction of sp³-hybridized carbons (Fsp3) is 0.0769. The van der Waals surface area contributed by atoms with Crippen molar-refractivity contribution in [1.29, 1.82) is 0 Å². The maximum Gasteiger partial charge on any atom is 0.172 e. The Morgan fingerprint density at radius 1 is 0.327 bits per heavy atom. The zero-order valence-corrected chi connectivity index (χ0v) is 30.5. The minimum atomic E-state index is -0.441. The van der Waals surface area contributed by atoms with E-state index in [1.807, 2.05) is 0 Å². The molecule has 3 aliphatic carbocycles. The van der Waals surface area contributed by atoms with Crippen molar-refractivity contribution in [2.45, 2.75) is 24.7 Å². The molecule has 0 aromatic heterocycles. The number of ether oxygens (including phenoxy) is 2. The topological polar surface area (TPSA) is 21.7 Å². The SMILES string of the molecule is CC1(C)c2ccccc2-c2ccc(N(c3ccccc3)c3ccc4c(c3)Oc3cc5c(cc3O4)C3(c4ccccc4-c4ccccc43)c3ccccc3-5)cc21. The number of nitrogens with zero attached hydrogens (tertiary/aromatic N) is 1. The summed E-state index contributed by atoms with van der Waals surface area (Å²) in [7, 11) is 0. The molecule has 260 valence electrons. The van der Waals surface area contributed by atoms with E-state index in [1.165, 1.54) is 66.8 Å². The lowest BCUT2D eigenvalue weighted by Crippen LogP contribution is -2.25. The van der Waals surface area contributed by atoms with Gasteiger partial charge in [-0.3, -0.25) is 0 Å². The van der Waals surface area contributed by atoms with Gasteiger partial charge in [-0.05, 0) is 115 Å². The van der Waals surface area contributed by atoms with Gasteiger partial charge in [-0.25, -0.2) is 0 Å². The first-order chi connectivity index (χ1) is 27.0. The number of hydrogen-bond acceptors (Lipinski definition) is 3. The Hall–Kier alpha value is -6.84. The summed E-state index contributed by atoms with van der Waals surface area (Å²) < 4.78 is 13.7. The van der Waals surface area contributed by atoms with Gasteiger partial charge in [0.15, 0.2) is 23.0 Å². The molecule has 1 heterocycles. The third-order valence-electron chi connectivity index (χ3n) is 12.5. The van der Waals surface area contributed by atoms with E-state index in [2.05, 4.69) is 195 Å². The molecule has 0 N–H and O–H groups in total. The Morgan fingerprint density at radius 2 is 0.800 bits per heavy atom. The van der Waals surface area contributed by atoms with E-state index < -0.39 is 5.41 Å². The van der Waals surface area contributed by atoms with Crippen LogP contribution in [0.5, 0.6) is 23.0 Å². The number of rotatable bonds is 3. The highest BCUT2D eigenvalue weighted by Crippen LogP contribution is 2.65. The molecule has 0 saturated carbocycles. The second-order valence-electron chi connectivity index (χ2n) is 15.6. The van der Waals surface area contributed by atoms with E-state index in [1.54, 1.807) is 0 Å². The van der Waals surface area contributed by atoms with Crippen molar-refractivity contribution in [2.75, 3.05) is 4.90 Å². The fourth-order valence-corrected chi connectivity index (χ4v) is 10.2. The summed E-state index contributed by atoms with van der Waals surface area (Å²) in [6.07, 6.45) is 0. The number of fused-ring (bicyclic) bond motifs is 15. The zero-order chi connectivity index (χ0) is 36.5. The van der Waals surface area contributed by atoms with Crippen LogP contribution in [-0.2, 0) is 10.8 Å². The zero-order valence-electron chi connectivity index (χ0n) is 30.5. The number of para-hydroxylation sites is 1. The Labute approximate surface area is 320 Å². The summed E-state index contributed by atoms with van der Waals surface area (Å²) >= 11 is 0. The third-order valence-corrected chi connectivity index (χ3v) is 12.5. The second kappa shape index (κ2) is 10.9. The molecule has 1 spiro atoms. The summed E-state index contributed by atoms with van der Waals surface area (Å²) in [4.78, 5) is 2.32. The molecular formula is C52H35NO2. The molecule has 0 amide bonds. The van der Waals surface area contributed by atoms with Crippen LogP contribution in [0.3, 0.4) is 0 Å². The van der Waals surface area contributed by atoms with Gasteiger partial charge in [-0.15, -0.1) is 0 Å². The van der Waals surface area contributed by atoms with Crippen molar-refractivity contribution >= 4 is 17.1 Å². The highest BCUT2D eigenvalue weighted by Gasteiger charge is 2.52. The van der Waals surface area contributed by atoms with Crippen molar-refractivity contribution in [2.24, 2.45) is 0 Å². The summed E-state index contributed by atoms with van der Waals surface area (Å²) in [5.74, 6) is 2.84. The lowest BCUT2D eigenvalue weighted by atomic mass is 9.70. The van der Waals surface area contributed by atoms with E-state index in [9.17, 15) is 0 Å². The molecule has 0 saturated heterocycles. The van der Waals surface area contributed by atoms with Crippen LogP contribution in [0.15, 0.2) is 176 Å². The molecule has 55 heavy (non-hydrogen) atoms. The molecule has 3 heteroatoms. The van der Waals surface area contributed by atoms with Gasteiger partial charge >= 0.3 is 0 Å². The van der Waals surface area contributed by atoms with Gasteiger partial charge in [0.2, 0.25) is 0 Å². The van der Waals surface area contributed by atoms with Crippen LogP contribution in [0.25, 0.3) is 33.4 Å². The van der Waals surface area contributed by atoms with Gasteiger partial charge in [-0.2, -0.15) is 0 Å². The van der Waals surface area contributed by atoms with E-state index in [4.69, 9.17) is 9.47 Å². The molecule has 8 aromatic rings. The van der Waals surface area contributed by atoms with Crippen LogP contribution in [0.4, 0.5) is 17.1 Å². The van der Waals surface area contributed by atoms with Crippen LogP contribution >= 0.6 is 0 Å². The van der Waals surface area contributed by atoms with E-state index >= 15 is 0 Å². The van der Waals surface area contributed by atoms with Gasteiger partial charge in [-0.1, -0.05) is 135 Å². The van der Waals surface area contributed by atoms with Crippen LogP contribution in [0.1, 0.15) is 47.2 Å². The minimum absolute atomic E-state index is 0.110. The third kappa shape index (κ3) is 4.00. The summed E-state index contributed by atoms with van der Waals surface area (Å²) in [6.45, 7) is 4.66. The van der Waals surface area contributed by atoms with Crippen molar-refractivity contribution in [3.05, 3.63) is 209 Å². The van der Waals surface area contributed by atoms with E-state index in [-0.39, 0.29) is 5.41 Å².